The largest absolute Gasteiger partial charge is 1.00 e. The molecule has 11 heavy (non-hydrogen) atoms. The maximum absolute atomic E-state index is 10.7. The van der Waals surface area contributed by atoms with Crippen LogP contribution in [-0.4, -0.2) is 14.5 Å². The quantitative estimate of drug-likeness (QED) is 0.244. The fourth-order valence-electron chi connectivity index (χ4n) is 0.532. The van der Waals surface area contributed by atoms with E-state index in [4.69, 9.17) is 0 Å². The molecule has 7 heteroatoms. The second-order valence-electron chi connectivity index (χ2n) is 1.74. The number of nitro groups is 1. The SMILES string of the molecule is Cn1cnc([N+](=O)[O-])c1[O-].[Na+]. The van der Waals surface area contributed by atoms with Gasteiger partial charge in [0.1, 0.15) is 0 Å². The van der Waals surface area contributed by atoms with E-state index in [2.05, 4.69) is 4.98 Å². The van der Waals surface area contributed by atoms with Gasteiger partial charge in [0, 0.05) is 7.05 Å². The second-order valence-corrected chi connectivity index (χ2v) is 1.74. The molecule has 0 unspecified atom stereocenters. The van der Waals surface area contributed by atoms with Gasteiger partial charge < -0.3 is 19.8 Å². The van der Waals surface area contributed by atoms with Gasteiger partial charge in [-0.15, -0.1) is 0 Å². The Bertz CT molecular complexity index is 272. The molecule has 1 aromatic heterocycles. The van der Waals surface area contributed by atoms with Crippen molar-refractivity contribution in [2.24, 2.45) is 7.05 Å². The average molecular weight is 165 g/mol. The summed E-state index contributed by atoms with van der Waals surface area (Å²) in [5, 5.41) is 20.6. The number of nitrogens with zero attached hydrogens (tertiary/aromatic N) is 3. The molecule has 1 heterocycles. The van der Waals surface area contributed by atoms with Crippen LogP contribution in [0.25, 0.3) is 0 Å². The van der Waals surface area contributed by atoms with Gasteiger partial charge >= 0.3 is 35.4 Å². The van der Waals surface area contributed by atoms with E-state index in [1.54, 1.807) is 0 Å². The normalized spacial score (nSPS) is 8.82. The molecule has 6 nitrogen and oxygen atoms in total. The summed E-state index contributed by atoms with van der Waals surface area (Å²) in [4.78, 5) is 12.4. The Morgan fingerprint density at radius 1 is 1.73 bits per heavy atom. The summed E-state index contributed by atoms with van der Waals surface area (Å²) in [6, 6.07) is 0. The molecule has 0 aliphatic heterocycles. The van der Waals surface area contributed by atoms with Crippen molar-refractivity contribution in [3.8, 4) is 5.88 Å². The standard InChI is InChI=1S/C4H5N3O3.Na/c1-6-2-5-3(4(6)8)7(9)10;/h2,8H,1H3;/q;+1/p-1. The number of aryl methyl sites for hydroxylation is 1. The van der Waals surface area contributed by atoms with Crippen molar-refractivity contribution in [2.75, 3.05) is 0 Å². The van der Waals surface area contributed by atoms with Crippen LogP contribution in [-0.2, 0) is 7.05 Å². The zero-order valence-electron chi connectivity index (χ0n) is 6.14. The van der Waals surface area contributed by atoms with E-state index in [9.17, 15) is 15.2 Å². The summed E-state index contributed by atoms with van der Waals surface area (Å²) in [5.41, 5.74) is 0. The molecule has 54 valence electrons. The Labute approximate surface area is 84.3 Å². The number of imidazole rings is 1. The summed E-state index contributed by atoms with van der Waals surface area (Å²) in [6.07, 6.45) is 1.11. The fraction of sp³-hybridized carbons (Fsp3) is 0.250. The van der Waals surface area contributed by atoms with E-state index in [-0.39, 0.29) is 29.6 Å². The maximum Gasteiger partial charge on any atom is 1.00 e. The van der Waals surface area contributed by atoms with Crippen LogP contribution in [0.3, 0.4) is 0 Å². The number of hydrogen-bond acceptors (Lipinski definition) is 4. The van der Waals surface area contributed by atoms with Crippen molar-refractivity contribution < 1.29 is 39.6 Å². The van der Waals surface area contributed by atoms with E-state index in [0.29, 0.717) is 0 Å². The molecule has 0 spiro atoms. The van der Waals surface area contributed by atoms with Gasteiger partial charge in [0.05, 0.1) is 5.88 Å². The zero-order chi connectivity index (χ0) is 7.72. The summed E-state index contributed by atoms with van der Waals surface area (Å²) >= 11 is 0. The van der Waals surface area contributed by atoms with E-state index >= 15 is 0 Å². The number of hydrogen-bond donors (Lipinski definition) is 0. The molecule has 0 fully saturated rings. The first-order chi connectivity index (χ1) is 4.63. The van der Waals surface area contributed by atoms with Crippen LogP contribution in [0.15, 0.2) is 6.33 Å². The average Bonchev–Trinajstić information content (AvgIpc) is 2.14. The molecule has 0 N–H and O–H groups in total. The predicted octanol–water partition coefficient (Wildman–Crippen LogP) is -3.59. The topological polar surface area (TPSA) is 84.0 Å². The second kappa shape index (κ2) is 3.70. The van der Waals surface area contributed by atoms with Crippen LogP contribution >= 0.6 is 0 Å². The van der Waals surface area contributed by atoms with Crippen molar-refractivity contribution in [2.45, 2.75) is 0 Å². The molecular formula is C4H4N3NaO3. The third-order valence-corrected chi connectivity index (χ3v) is 1.04. The molecule has 0 radical (unpaired) electrons. The summed E-state index contributed by atoms with van der Waals surface area (Å²) in [5.74, 6) is -1.30. The van der Waals surface area contributed by atoms with Crippen molar-refractivity contribution in [3.63, 3.8) is 0 Å². The van der Waals surface area contributed by atoms with E-state index in [1.807, 2.05) is 0 Å². The van der Waals surface area contributed by atoms with Crippen molar-refractivity contribution in [1.82, 2.24) is 9.55 Å². The third-order valence-electron chi connectivity index (χ3n) is 1.04. The van der Waals surface area contributed by atoms with Crippen LogP contribution < -0.4 is 34.7 Å². The Kier molecular flexibility index (Phi) is 3.50. The van der Waals surface area contributed by atoms with Crippen molar-refractivity contribution in [3.05, 3.63) is 16.4 Å². The predicted molar refractivity (Wildman–Crippen MR) is 29.3 cm³/mol. The Morgan fingerprint density at radius 3 is 2.45 bits per heavy atom. The van der Waals surface area contributed by atoms with Gasteiger partial charge in [-0.25, -0.2) is 0 Å². The Balaban J connectivity index is 0.000001000. The van der Waals surface area contributed by atoms with Crippen molar-refractivity contribution in [1.29, 1.82) is 0 Å². The molecule has 1 aromatic rings. The molecular weight excluding hydrogens is 161 g/mol. The van der Waals surface area contributed by atoms with Gasteiger partial charge in [-0.3, -0.25) is 0 Å². The van der Waals surface area contributed by atoms with Gasteiger partial charge in [-0.2, -0.15) is 0 Å². The van der Waals surface area contributed by atoms with Crippen LogP contribution in [0.1, 0.15) is 0 Å². The van der Waals surface area contributed by atoms with Crippen LogP contribution in [0.2, 0.25) is 0 Å². The van der Waals surface area contributed by atoms with Crippen LogP contribution in [0.5, 0.6) is 5.88 Å². The van der Waals surface area contributed by atoms with E-state index in [1.165, 1.54) is 7.05 Å². The molecule has 0 saturated heterocycles. The minimum absolute atomic E-state index is 0. The molecule has 0 saturated carbocycles. The summed E-state index contributed by atoms with van der Waals surface area (Å²) in [6.45, 7) is 0. The molecule has 1 rings (SSSR count). The first kappa shape index (κ1) is 10.4. The molecule has 0 aromatic carbocycles. The number of aromatic nitrogens is 2. The van der Waals surface area contributed by atoms with E-state index in [0.717, 1.165) is 10.9 Å². The Hall–Kier alpha value is -0.590. The van der Waals surface area contributed by atoms with Gasteiger partial charge in [0.25, 0.3) is 0 Å². The van der Waals surface area contributed by atoms with Gasteiger partial charge in [0.15, 0.2) is 0 Å². The minimum Gasteiger partial charge on any atom is -0.854 e. The number of rotatable bonds is 1. The van der Waals surface area contributed by atoms with Crippen molar-refractivity contribution >= 4 is 5.82 Å². The first-order valence-electron chi connectivity index (χ1n) is 2.45. The van der Waals surface area contributed by atoms with Crippen LogP contribution in [0, 0.1) is 10.1 Å². The Morgan fingerprint density at radius 2 is 2.27 bits per heavy atom. The molecule has 0 atom stereocenters. The molecule has 0 bridgehead atoms. The zero-order valence-corrected chi connectivity index (χ0v) is 8.14. The summed E-state index contributed by atoms with van der Waals surface area (Å²) < 4.78 is 1.05. The molecule has 0 amide bonds. The fourth-order valence-corrected chi connectivity index (χ4v) is 0.532. The molecule has 0 aliphatic rings. The monoisotopic (exact) mass is 165 g/mol. The van der Waals surface area contributed by atoms with Gasteiger partial charge in [0.2, 0.25) is 6.33 Å². The van der Waals surface area contributed by atoms with E-state index < -0.39 is 16.6 Å². The summed E-state index contributed by atoms with van der Waals surface area (Å²) in [7, 11) is 1.41. The molecule has 0 aliphatic carbocycles. The van der Waals surface area contributed by atoms with Gasteiger partial charge in [-0.1, -0.05) is 0 Å². The smallest absolute Gasteiger partial charge is 0.854 e. The van der Waals surface area contributed by atoms with Gasteiger partial charge in [-0.05, 0) is 9.91 Å². The first-order valence-corrected chi connectivity index (χ1v) is 2.45. The maximum atomic E-state index is 10.7. The third kappa shape index (κ3) is 1.92. The minimum atomic E-state index is -0.803. The van der Waals surface area contributed by atoms with Crippen LogP contribution in [0.4, 0.5) is 5.82 Å².